The van der Waals surface area contributed by atoms with Gasteiger partial charge >= 0.3 is 5.97 Å². The topological polar surface area (TPSA) is 40.5 Å². The first-order valence-corrected chi connectivity index (χ1v) is 6.72. The number of halogens is 2. The van der Waals surface area contributed by atoms with Gasteiger partial charge in [-0.15, -0.1) is 0 Å². The molecule has 0 radical (unpaired) electrons. The molecule has 0 atom stereocenters. The first kappa shape index (κ1) is 13.5. The molecule has 0 heterocycles. The van der Waals surface area contributed by atoms with Gasteiger partial charge in [-0.2, -0.15) is 0 Å². The maximum atomic E-state index is 13.4. The number of benzene rings is 1. The zero-order valence-corrected chi connectivity index (χ0v) is 11.5. The second-order valence-electron chi connectivity index (χ2n) is 4.72. The summed E-state index contributed by atoms with van der Waals surface area (Å²) in [5.74, 6) is -0.547. The third-order valence-electron chi connectivity index (χ3n) is 3.00. The van der Waals surface area contributed by atoms with Crippen molar-refractivity contribution in [3.8, 4) is 0 Å². The molecule has 1 aromatic carbocycles. The van der Waals surface area contributed by atoms with E-state index in [1.165, 1.54) is 18.9 Å². The van der Waals surface area contributed by atoms with Crippen molar-refractivity contribution >= 4 is 21.9 Å². The van der Waals surface area contributed by atoms with Crippen molar-refractivity contribution in [1.82, 2.24) is 4.90 Å². The number of rotatable bonds is 6. The molecule has 5 heteroatoms. The number of carbonyl (C=O) groups is 1. The van der Waals surface area contributed by atoms with Crippen molar-refractivity contribution in [3.63, 3.8) is 0 Å². The molecule has 1 aromatic rings. The van der Waals surface area contributed by atoms with Crippen LogP contribution < -0.4 is 0 Å². The van der Waals surface area contributed by atoms with Crippen molar-refractivity contribution in [3.05, 3.63) is 34.1 Å². The largest absolute Gasteiger partial charge is 0.480 e. The molecule has 2 rings (SSSR count). The summed E-state index contributed by atoms with van der Waals surface area (Å²) >= 11 is 3.21. The molecule has 0 aromatic heterocycles. The molecular weight excluding hydrogens is 301 g/mol. The van der Waals surface area contributed by atoms with Crippen LogP contribution >= 0.6 is 15.9 Å². The van der Waals surface area contributed by atoms with Crippen LogP contribution in [0.3, 0.4) is 0 Å². The Labute approximate surface area is 114 Å². The summed E-state index contributed by atoms with van der Waals surface area (Å²) < 4.78 is 13.8. The minimum Gasteiger partial charge on any atom is -0.480 e. The Hall–Kier alpha value is -0.940. The van der Waals surface area contributed by atoms with Crippen LogP contribution in [-0.2, 0) is 11.3 Å². The molecule has 3 nitrogen and oxygen atoms in total. The Kier molecular flexibility index (Phi) is 4.35. The Balaban J connectivity index is 2.06. The fraction of sp³-hybridized carbons (Fsp3) is 0.462. The number of nitrogens with zero attached hydrogens (tertiary/aromatic N) is 1. The van der Waals surface area contributed by atoms with Gasteiger partial charge in [0.15, 0.2) is 0 Å². The maximum absolute atomic E-state index is 13.4. The molecule has 1 fully saturated rings. The summed E-state index contributed by atoms with van der Waals surface area (Å²) in [5.41, 5.74) is 0.789. The summed E-state index contributed by atoms with van der Waals surface area (Å²) in [7, 11) is 0. The van der Waals surface area contributed by atoms with E-state index in [-0.39, 0.29) is 12.4 Å². The van der Waals surface area contributed by atoms with Gasteiger partial charge < -0.3 is 5.11 Å². The van der Waals surface area contributed by atoms with E-state index < -0.39 is 5.97 Å². The number of aliphatic carboxylic acids is 1. The van der Waals surface area contributed by atoms with Crippen LogP contribution in [0.25, 0.3) is 0 Å². The van der Waals surface area contributed by atoms with E-state index in [9.17, 15) is 9.18 Å². The Morgan fingerprint density at radius 3 is 2.83 bits per heavy atom. The second kappa shape index (κ2) is 5.80. The molecule has 1 aliphatic carbocycles. The second-order valence-corrected chi connectivity index (χ2v) is 5.51. The van der Waals surface area contributed by atoms with Gasteiger partial charge in [-0.1, -0.05) is 12.1 Å². The highest BCUT2D eigenvalue weighted by atomic mass is 79.9. The summed E-state index contributed by atoms with van der Waals surface area (Å²) in [5, 5.41) is 8.89. The molecule has 18 heavy (non-hydrogen) atoms. The van der Waals surface area contributed by atoms with Gasteiger partial charge in [0.1, 0.15) is 5.82 Å². The highest BCUT2D eigenvalue weighted by Crippen LogP contribution is 2.30. The van der Waals surface area contributed by atoms with E-state index in [2.05, 4.69) is 15.9 Å². The number of hydrogen-bond donors (Lipinski definition) is 1. The lowest BCUT2D eigenvalue weighted by Gasteiger charge is -2.20. The zero-order chi connectivity index (χ0) is 13.1. The summed E-state index contributed by atoms with van der Waals surface area (Å²) in [6.07, 6.45) is 2.33. The predicted octanol–water partition coefficient (Wildman–Crippen LogP) is 2.88. The first-order valence-electron chi connectivity index (χ1n) is 5.93. The van der Waals surface area contributed by atoms with Crippen molar-refractivity contribution in [2.75, 3.05) is 13.1 Å². The van der Waals surface area contributed by atoms with E-state index in [0.29, 0.717) is 16.9 Å². The quantitative estimate of drug-likeness (QED) is 0.877. The zero-order valence-electron chi connectivity index (χ0n) is 9.90. The van der Waals surface area contributed by atoms with Crippen LogP contribution in [0.2, 0.25) is 0 Å². The fourth-order valence-electron chi connectivity index (χ4n) is 1.95. The SMILES string of the molecule is O=C(O)CN(Cc1cccc(F)c1Br)CC1CC1. The first-order chi connectivity index (χ1) is 8.56. The molecule has 0 amide bonds. The normalized spacial score (nSPS) is 15.1. The van der Waals surface area contributed by atoms with Gasteiger partial charge in [0.2, 0.25) is 0 Å². The van der Waals surface area contributed by atoms with Crippen LogP contribution in [0.4, 0.5) is 4.39 Å². The Bertz CT molecular complexity index is 449. The lowest BCUT2D eigenvalue weighted by molar-refractivity contribution is -0.138. The fourth-order valence-corrected chi connectivity index (χ4v) is 2.34. The van der Waals surface area contributed by atoms with E-state index in [1.54, 1.807) is 6.07 Å². The average Bonchev–Trinajstić information content (AvgIpc) is 3.07. The van der Waals surface area contributed by atoms with Gasteiger partial charge in [0, 0.05) is 13.1 Å². The smallest absolute Gasteiger partial charge is 0.317 e. The molecule has 1 N–H and O–H groups in total. The van der Waals surface area contributed by atoms with E-state index in [0.717, 1.165) is 12.1 Å². The highest BCUT2D eigenvalue weighted by Gasteiger charge is 2.25. The van der Waals surface area contributed by atoms with Crippen LogP contribution in [0.1, 0.15) is 18.4 Å². The third kappa shape index (κ3) is 3.78. The minimum atomic E-state index is -0.844. The maximum Gasteiger partial charge on any atom is 0.317 e. The van der Waals surface area contributed by atoms with Gasteiger partial charge in [-0.25, -0.2) is 4.39 Å². The highest BCUT2D eigenvalue weighted by molar-refractivity contribution is 9.10. The predicted molar refractivity (Wildman–Crippen MR) is 69.7 cm³/mol. The number of carboxylic acids is 1. The van der Waals surface area contributed by atoms with Crippen molar-refractivity contribution in [1.29, 1.82) is 0 Å². The molecule has 0 bridgehead atoms. The molecule has 98 valence electrons. The van der Waals surface area contributed by atoms with Gasteiger partial charge in [-0.3, -0.25) is 9.69 Å². The van der Waals surface area contributed by atoms with E-state index in [1.807, 2.05) is 11.0 Å². The number of carboxylic acid groups (broad SMARTS) is 1. The van der Waals surface area contributed by atoms with Crippen LogP contribution in [-0.4, -0.2) is 29.1 Å². The van der Waals surface area contributed by atoms with E-state index >= 15 is 0 Å². The molecular formula is C13H15BrFNO2. The van der Waals surface area contributed by atoms with Crippen molar-refractivity contribution in [2.45, 2.75) is 19.4 Å². The summed E-state index contributed by atoms with van der Waals surface area (Å²) in [6.45, 7) is 1.23. The van der Waals surface area contributed by atoms with E-state index in [4.69, 9.17) is 5.11 Å². The van der Waals surface area contributed by atoms with Gasteiger partial charge in [0.05, 0.1) is 11.0 Å². The molecule has 1 aliphatic rings. The minimum absolute atomic E-state index is 0.000542. The molecule has 0 spiro atoms. The van der Waals surface area contributed by atoms with Crippen LogP contribution in [0.15, 0.2) is 22.7 Å². The van der Waals surface area contributed by atoms with Crippen molar-refractivity contribution < 1.29 is 14.3 Å². The lowest BCUT2D eigenvalue weighted by Crippen LogP contribution is -2.31. The molecule has 0 aliphatic heterocycles. The van der Waals surface area contributed by atoms with Crippen LogP contribution in [0, 0.1) is 11.7 Å². The molecule has 0 unspecified atom stereocenters. The lowest BCUT2D eigenvalue weighted by atomic mass is 10.2. The van der Waals surface area contributed by atoms with Gasteiger partial charge in [0.25, 0.3) is 0 Å². The summed E-state index contributed by atoms with van der Waals surface area (Å²) in [6, 6.07) is 4.84. The number of hydrogen-bond acceptors (Lipinski definition) is 2. The van der Waals surface area contributed by atoms with Gasteiger partial charge in [-0.05, 0) is 46.3 Å². The standard InChI is InChI=1S/C13H15BrFNO2/c14-13-10(2-1-3-11(13)15)7-16(8-12(17)18)6-9-4-5-9/h1-3,9H,4-8H2,(H,17,18). The van der Waals surface area contributed by atoms with Crippen molar-refractivity contribution in [2.24, 2.45) is 5.92 Å². The monoisotopic (exact) mass is 315 g/mol. The Morgan fingerprint density at radius 2 is 2.22 bits per heavy atom. The summed E-state index contributed by atoms with van der Waals surface area (Å²) in [4.78, 5) is 12.7. The Morgan fingerprint density at radius 1 is 1.50 bits per heavy atom. The third-order valence-corrected chi connectivity index (χ3v) is 3.89. The molecule has 0 saturated heterocycles. The average molecular weight is 316 g/mol. The molecule has 1 saturated carbocycles. The van der Waals surface area contributed by atoms with Crippen LogP contribution in [0.5, 0.6) is 0 Å².